The lowest BCUT2D eigenvalue weighted by molar-refractivity contribution is 0.0376. The molecule has 3 aromatic carbocycles. The van der Waals surface area contributed by atoms with Crippen LogP contribution in [0, 0.1) is 13.8 Å². The molecule has 1 aliphatic heterocycles. The molecule has 40 heavy (non-hydrogen) atoms. The van der Waals surface area contributed by atoms with Gasteiger partial charge in [0.2, 0.25) is 0 Å². The molecule has 8 nitrogen and oxygen atoms in total. The molecule has 210 valence electrons. The van der Waals surface area contributed by atoms with Gasteiger partial charge in [0, 0.05) is 38.8 Å². The third kappa shape index (κ3) is 6.05. The van der Waals surface area contributed by atoms with Crippen molar-refractivity contribution in [1.82, 2.24) is 9.88 Å². The molecule has 4 aromatic rings. The highest BCUT2D eigenvalue weighted by molar-refractivity contribution is 7.92. The average Bonchev–Trinajstić information content (AvgIpc) is 3.40. The van der Waals surface area contributed by atoms with E-state index in [4.69, 9.17) is 9.72 Å². The summed E-state index contributed by atoms with van der Waals surface area (Å²) in [7, 11) is -2.25. The fraction of sp³-hybridized carbons (Fsp3) is 0.333. The lowest BCUT2D eigenvalue weighted by atomic mass is 10.1. The first-order valence-corrected chi connectivity index (χ1v) is 15.6. The number of rotatable bonds is 9. The lowest BCUT2D eigenvalue weighted by Crippen LogP contribution is -2.39. The van der Waals surface area contributed by atoms with Crippen molar-refractivity contribution in [1.29, 1.82) is 0 Å². The molecular formula is C30H34N4O4S2. The predicted octanol–water partition coefficient (Wildman–Crippen LogP) is 5.11. The molecular weight excluding hydrogens is 544 g/mol. The normalized spacial score (nSPS) is 14.4. The average molecular weight is 579 g/mol. The minimum Gasteiger partial charge on any atom is -0.379 e. The molecule has 0 radical (unpaired) electrons. The van der Waals surface area contributed by atoms with Crippen molar-refractivity contribution in [2.24, 2.45) is 0 Å². The maximum Gasteiger partial charge on any atom is 0.264 e. The third-order valence-corrected chi connectivity index (χ3v) is 9.96. The van der Waals surface area contributed by atoms with Gasteiger partial charge in [-0.05, 0) is 73.9 Å². The van der Waals surface area contributed by atoms with Crippen LogP contribution in [-0.4, -0.2) is 70.6 Å². The van der Waals surface area contributed by atoms with Crippen LogP contribution < -0.4 is 9.21 Å². The number of ether oxygens (including phenoxy) is 1. The van der Waals surface area contributed by atoms with Crippen molar-refractivity contribution in [2.75, 3.05) is 55.6 Å². The Kier molecular flexibility index (Phi) is 8.51. The molecule has 5 rings (SSSR count). The Morgan fingerprint density at radius 1 is 1.02 bits per heavy atom. The Labute approximate surface area is 239 Å². The summed E-state index contributed by atoms with van der Waals surface area (Å²) < 4.78 is 34.2. The number of hydrogen-bond acceptors (Lipinski definition) is 7. The summed E-state index contributed by atoms with van der Waals surface area (Å²) in [6.45, 7) is 8.70. The van der Waals surface area contributed by atoms with Gasteiger partial charge in [0.1, 0.15) is 0 Å². The number of carbonyl (C=O) groups excluding carboxylic acids is 1. The van der Waals surface area contributed by atoms with Crippen LogP contribution in [-0.2, 0) is 14.8 Å². The second-order valence-electron chi connectivity index (χ2n) is 10.0. The fourth-order valence-corrected chi connectivity index (χ4v) is 7.26. The Bertz CT molecular complexity index is 1580. The highest BCUT2D eigenvalue weighted by Gasteiger charge is 2.25. The van der Waals surface area contributed by atoms with E-state index in [1.165, 1.54) is 34.8 Å². The van der Waals surface area contributed by atoms with Gasteiger partial charge in [-0.2, -0.15) is 0 Å². The molecule has 1 amide bonds. The van der Waals surface area contributed by atoms with Gasteiger partial charge in [0.25, 0.3) is 15.9 Å². The van der Waals surface area contributed by atoms with Crippen molar-refractivity contribution in [3.8, 4) is 0 Å². The van der Waals surface area contributed by atoms with Gasteiger partial charge in [-0.25, -0.2) is 13.4 Å². The number of amides is 1. The number of carbonyl (C=O) groups is 1. The fourth-order valence-electron chi connectivity index (χ4n) is 4.90. The molecule has 1 fully saturated rings. The van der Waals surface area contributed by atoms with Crippen LogP contribution in [0.4, 0.5) is 10.8 Å². The van der Waals surface area contributed by atoms with Gasteiger partial charge in [-0.1, -0.05) is 35.6 Å². The Morgan fingerprint density at radius 3 is 2.42 bits per heavy atom. The van der Waals surface area contributed by atoms with Crippen molar-refractivity contribution in [2.45, 2.75) is 25.2 Å². The molecule has 0 saturated carbocycles. The summed E-state index contributed by atoms with van der Waals surface area (Å²) >= 11 is 1.51. The number of nitrogens with zero attached hydrogens (tertiary/aromatic N) is 4. The van der Waals surface area contributed by atoms with E-state index in [2.05, 4.69) is 24.0 Å². The number of sulfonamides is 1. The van der Waals surface area contributed by atoms with Crippen LogP contribution in [0.15, 0.2) is 71.6 Å². The first kappa shape index (κ1) is 28.2. The summed E-state index contributed by atoms with van der Waals surface area (Å²) in [5.74, 6) is -0.198. The number of morpholine rings is 1. The largest absolute Gasteiger partial charge is 0.379 e. The monoisotopic (exact) mass is 578 g/mol. The number of aromatic nitrogens is 1. The van der Waals surface area contributed by atoms with E-state index in [1.54, 1.807) is 41.3 Å². The van der Waals surface area contributed by atoms with Crippen LogP contribution in [0.25, 0.3) is 10.2 Å². The van der Waals surface area contributed by atoms with E-state index in [0.29, 0.717) is 22.9 Å². The van der Waals surface area contributed by atoms with Gasteiger partial charge in [0.15, 0.2) is 5.13 Å². The van der Waals surface area contributed by atoms with Gasteiger partial charge >= 0.3 is 0 Å². The second-order valence-corrected chi connectivity index (χ2v) is 13.0. The molecule has 1 aromatic heterocycles. The maximum atomic E-state index is 13.9. The van der Waals surface area contributed by atoms with Crippen LogP contribution in [0.1, 0.15) is 27.9 Å². The second kappa shape index (κ2) is 12.1. The minimum absolute atomic E-state index is 0.125. The number of thiazole rings is 1. The zero-order chi connectivity index (χ0) is 28.3. The van der Waals surface area contributed by atoms with Crippen LogP contribution in [0.3, 0.4) is 0 Å². The highest BCUT2D eigenvalue weighted by atomic mass is 32.2. The maximum absolute atomic E-state index is 13.9. The van der Waals surface area contributed by atoms with Crippen LogP contribution >= 0.6 is 11.3 Å². The molecule has 1 saturated heterocycles. The zero-order valence-electron chi connectivity index (χ0n) is 23.0. The molecule has 2 heterocycles. The minimum atomic E-state index is -3.78. The lowest BCUT2D eigenvalue weighted by Gasteiger charge is -2.27. The van der Waals surface area contributed by atoms with Gasteiger partial charge < -0.3 is 4.74 Å². The molecule has 0 atom stereocenters. The summed E-state index contributed by atoms with van der Waals surface area (Å²) in [5.41, 5.74) is 4.12. The van der Waals surface area contributed by atoms with Crippen molar-refractivity contribution >= 4 is 48.3 Å². The SMILES string of the molecule is Cc1cc(C)c2nc(N(CCCN3CCOCC3)C(=O)c3ccc(S(=O)(=O)N(C)c4ccccc4)cc3)sc2c1. The van der Waals surface area contributed by atoms with E-state index in [0.717, 1.165) is 60.6 Å². The topological polar surface area (TPSA) is 83.0 Å². The number of anilines is 2. The summed E-state index contributed by atoms with van der Waals surface area (Å²) in [5, 5.41) is 0.649. The van der Waals surface area contributed by atoms with Gasteiger partial charge in [-0.15, -0.1) is 0 Å². The zero-order valence-corrected chi connectivity index (χ0v) is 24.7. The number of aryl methyl sites for hydroxylation is 2. The van der Waals surface area contributed by atoms with E-state index >= 15 is 0 Å². The van der Waals surface area contributed by atoms with Gasteiger partial charge in [0.05, 0.1) is 34.0 Å². The van der Waals surface area contributed by atoms with Gasteiger partial charge in [-0.3, -0.25) is 18.9 Å². The quantitative estimate of drug-likeness (QED) is 0.275. The van der Waals surface area contributed by atoms with Crippen LogP contribution in [0.5, 0.6) is 0 Å². The first-order chi connectivity index (χ1) is 19.2. The molecule has 0 unspecified atom stereocenters. The molecule has 1 aliphatic rings. The Morgan fingerprint density at radius 2 is 1.73 bits per heavy atom. The number of hydrogen-bond donors (Lipinski definition) is 0. The highest BCUT2D eigenvalue weighted by Crippen LogP contribution is 2.33. The third-order valence-electron chi connectivity index (χ3n) is 7.13. The van der Waals surface area contributed by atoms with E-state index in [1.807, 2.05) is 13.0 Å². The smallest absolute Gasteiger partial charge is 0.264 e. The number of para-hydroxylation sites is 1. The number of benzene rings is 3. The van der Waals surface area contributed by atoms with Crippen molar-refractivity contribution in [3.05, 3.63) is 83.4 Å². The van der Waals surface area contributed by atoms with E-state index in [9.17, 15) is 13.2 Å². The first-order valence-electron chi connectivity index (χ1n) is 13.4. The molecule has 0 N–H and O–H groups in total. The van der Waals surface area contributed by atoms with Crippen molar-refractivity contribution in [3.63, 3.8) is 0 Å². The number of fused-ring (bicyclic) bond motifs is 1. The summed E-state index contributed by atoms with van der Waals surface area (Å²) in [6.07, 6.45) is 0.786. The summed E-state index contributed by atoms with van der Waals surface area (Å²) in [4.78, 5) is 22.9. The standard InChI is InChI=1S/C30H34N4O4S2/c1-22-20-23(2)28-27(21-22)39-30(31-28)34(15-7-14-33-16-18-38-19-17-33)29(35)24-10-12-26(13-11-24)40(36,37)32(3)25-8-5-4-6-9-25/h4-6,8-13,20-21H,7,14-19H2,1-3H3. The van der Waals surface area contributed by atoms with E-state index in [-0.39, 0.29) is 10.8 Å². The van der Waals surface area contributed by atoms with Crippen molar-refractivity contribution < 1.29 is 17.9 Å². The Hall–Kier alpha value is -3.31. The molecule has 10 heteroatoms. The predicted molar refractivity (Wildman–Crippen MR) is 161 cm³/mol. The molecule has 0 bridgehead atoms. The Balaban J connectivity index is 1.40. The van der Waals surface area contributed by atoms with E-state index < -0.39 is 10.0 Å². The molecule has 0 aliphatic carbocycles. The molecule has 0 spiro atoms. The van der Waals surface area contributed by atoms with Crippen LogP contribution in [0.2, 0.25) is 0 Å². The summed E-state index contributed by atoms with van der Waals surface area (Å²) in [6, 6.07) is 19.3.